The maximum absolute atomic E-state index is 12.3. The maximum Gasteiger partial charge on any atom is 0.251 e. The smallest absolute Gasteiger partial charge is 0.251 e. The monoisotopic (exact) mass is 401 g/mol. The first kappa shape index (κ1) is 18.9. The summed E-state index contributed by atoms with van der Waals surface area (Å²) < 4.78 is 12.0. The Balaban J connectivity index is 1.36. The molecule has 1 aliphatic heterocycles. The van der Waals surface area contributed by atoms with Crippen LogP contribution in [0.5, 0.6) is 11.5 Å². The van der Waals surface area contributed by atoms with Crippen LogP contribution in [0.4, 0.5) is 5.69 Å². The second kappa shape index (κ2) is 7.87. The highest BCUT2D eigenvalue weighted by molar-refractivity contribution is 7.99. The number of H-pyrrole nitrogens is 1. The summed E-state index contributed by atoms with van der Waals surface area (Å²) >= 11 is 1.21. The number of nitrogens with zero attached hydrogens (tertiary/aromatic N) is 1. The summed E-state index contributed by atoms with van der Waals surface area (Å²) in [6.07, 6.45) is 5.63. The fourth-order valence-corrected chi connectivity index (χ4v) is 4.25. The molecule has 1 amide bonds. The molecule has 0 radical (unpaired) electrons. The second-order valence-electron chi connectivity index (χ2n) is 7.11. The molecule has 28 heavy (non-hydrogen) atoms. The molecule has 2 aliphatic rings. The zero-order valence-corrected chi connectivity index (χ0v) is 16.6. The lowest BCUT2D eigenvalue weighted by atomic mass is 10.2. The fraction of sp³-hybridized carbons (Fsp3) is 0.450. The second-order valence-corrected chi connectivity index (χ2v) is 8.08. The van der Waals surface area contributed by atoms with Crippen molar-refractivity contribution in [2.45, 2.75) is 56.4 Å². The van der Waals surface area contributed by atoms with Gasteiger partial charge >= 0.3 is 0 Å². The molecule has 2 heterocycles. The van der Waals surface area contributed by atoms with Crippen LogP contribution in [-0.4, -0.2) is 27.4 Å². The number of hydrogen-bond acceptors (Lipinski definition) is 6. The van der Waals surface area contributed by atoms with Crippen LogP contribution in [0.1, 0.15) is 44.7 Å². The number of nitrogens with one attached hydrogen (secondary N) is 2. The van der Waals surface area contributed by atoms with Gasteiger partial charge in [0.2, 0.25) is 5.91 Å². The Morgan fingerprint density at radius 3 is 2.82 bits per heavy atom. The predicted octanol–water partition coefficient (Wildman–Crippen LogP) is 3.49. The third kappa shape index (κ3) is 4.16. The quantitative estimate of drug-likeness (QED) is 0.568. The van der Waals surface area contributed by atoms with Crippen molar-refractivity contribution in [2.24, 2.45) is 0 Å². The van der Waals surface area contributed by atoms with Crippen molar-refractivity contribution < 1.29 is 14.3 Å². The van der Waals surface area contributed by atoms with E-state index in [-0.39, 0.29) is 17.2 Å². The van der Waals surface area contributed by atoms with Gasteiger partial charge in [0, 0.05) is 36.4 Å². The highest BCUT2D eigenvalue weighted by Crippen LogP contribution is 2.47. The molecule has 1 aromatic carbocycles. The van der Waals surface area contributed by atoms with Crippen LogP contribution in [0.2, 0.25) is 0 Å². The highest BCUT2D eigenvalue weighted by Gasteiger charge is 2.44. The third-order valence-electron chi connectivity index (χ3n) is 4.80. The molecule has 148 valence electrons. The molecular formula is C20H23N3O4S. The van der Waals surface area contributed by atoms with Gasteiger partial charge < -0.3 is 19.8 Å². The summed E-state index contributed by atoms with van der Waals surface area (Å²) in [5.41, 5.74) is 1.20. The Morgan fingerprint density at radius 2 is 2.04 bits per heavy atom. The number of aromatic amines is 1. The number of carbonyl (C=O) groups excluding carboxylic acids is 1. The van der Waals surface area contributed by atoms with Gasteiger partial charge in [0.15, 0.2) is 16.7 Å². The topological polar surface area (TPSA) is 93.3 Å². The van der Waals surface area contributed by atoms with Crippen molar-refractivity contribution in [1.29, 1.82) is 0 Å². The van der Waals surface area contributed by atoms with E-state index in [1.54, 1.807) is 12.1 Å². The molecule has 7 nitrogen and oxygen atoms in total. The van der Waals surface area contributed by atoms with E-state index >= 15 is 0 Å². The van der Waals surface area contributed by atoms with Gasteiger partial charge in [-0.15, -0.1) is 0 Å². The lowest BCUT2D eigenvalue weighted by Crippen LogP contribution is -2.34. The van der Waals surface area contributed by atoms with E-state index in [1.807, 2.05) is 13.0 Å². The minimum atomic E-state index is -0.512. The minimum absolute atomic E-state index is 0.150. The van der Waals surface area contributed by atoms with Crippen LogP contribution in [0, 0.1) is 0 Å². The van der Waals surface area contributed by atoms with Gasteiger partial charge in [-0.2, -0.15) is 0 Å². The van der Waals surface area contributed by atoms with Crippen molar-refractivity contribution in [3.8, 4) is 11.5 Å². The van der Waals surface area contributed by atoms with Gasteiger partial charge in [0.25, 0.3) is 11.3 Å². The number of ether oxygens (including phenoxy) is 2. The van der Waals surface area contributed by atoms with E-state index in [1.165, 1.54) is 17.8 Å². The standard InChI is InChI=1S/C20H23N3O4S/c1-2-5-13-11-17(24)23-19(22-13)28-12-18(25)21-14-6-7-15-16(10-14)27-20(26-15)8-3-4-9-20/h6-7,10-11H,2-5,8-9,12H2,1H3,(H,21,25)(H,22,23,24). The van der Waals surface area contributed by atoms with E-state index in [0.717, 1.165) is 50.0 Å². The number of amides is 1. The minimum Gasteiger partial charge on any atom is -0.448 e. The molecule has 0 atom stereocenters. The first-order chi connectivity index (χ1) is 13.5. The lowest BCUT2D eigenvalue weighted by molar-refractivity contribution is -0.113. The normalized spacial score (nSPS) is 16.5. The van der Waals surface area contributed by atoms with Gasteiger partial charge in [-0.05, 0) is 31.4 Å². The van der Waals surface area contributed by atoms with E-state index in [0.29, 0.717) is 16.6 Å². The Bertz CT molecular complexity index is 937. The summed E-state index contributed by atoms with van der Waals surface area (Å²) in [6, 6.07) is 6.93. The summed E-state index contributed by atoms with van der Waals surface area (Å²) in [4.78, 5) is 31.1. The Morgan fingerprint density at radius 1 is 1.25 bits per heavy atom. The molecule has 1 aromatic heterocycles. The summed E-state index contributed by atoms with van der Waals surface area (Å²) in [6.45, 7) is 2.03. The lowest BCUT2D eigenvalue weighted by Gasteiger charge is -2.21. The number of anilines is 1. The first-order valence-electron chi connectivity index (χ1n) is 9.60. The van der Waals surface area contributed by atoms with Crippen molar-refractivity contribution in [3.63, 3.8) is 0 Å². The van der Waals surface area contributed by atoms with E-state index in [2.05, 4.69) is 15.3 Å². The van der Waals surface area contributed by atoms with Gasteiger partial charge in [0.05, 0.1) is 5.75 Å². The summed E-state index contributed by atoms with van der Waals surface area (Å²) in [7, 11) is 0. The first-order valence-corrected chi connectivity index (χ1v) is 10.6. The zero-order valence-electron chi connectivity index (χ0n) is 15.7. The SMILES string of the molecule is CCCc1cc(=O)[nH]c(SCC(=O)Nc2ccc3c(c2)OC2(CCCC2)O3)n1. The van der Waals surface area contributed by atoms with Crippen LogP contribution in [0.3, 0.4) is 0 Å². The zero-order chi connectivity index (χ0) is 19.6. The largest absolute Gasteiger partial charge is 0.448 e. The molecule has 0 saturated heterocycles. The summed E-state index contributed by atoms with van der Waals surface area (Å²) in [5.74, 6) is 0.857. The van der Waals surface area contributed by atoms with E-state index in [4.69, 9.17) is 9.47 Å². The van der Waals surface area contributed by atoms with Crippen molar-refractivity contribution >= 4 is 23.4 Å². The number of carbonyl (C=O) groups is 1. The molecule has 1 fully saturated rings. The van der Waals surface area contributed by atoms with Crippen LogP contribution in [0.25, 0.3) is 0 Å². The molecule has 1 saturated carbocycles. The van der Waals surface area contributed by atoms with Gasteiger partial charge in [-0.25, -0.2) is 4.98 Å². The maximum atomic E-state index is 12.3. The molecule has 4 rings (SSSR count). The summed E-state index contributed by atoms with van der Waals surface area (Å²) in [5, 5.41) is 3.32. The number of benzene rings is 1. The molecule has 0 unspecified atom stereocenters. The van der Waals surface area contributed by atoms with Gasteiger partial charge in [-0.3, -0.25) is 9.59 Å². The number of fused-ring (bicyclic) bond motifs is 1. The highest BCUT2D eigenvalue weighted by atomic mass is 32.2. The average Bonchev–Trinajstić information content (AvgIpc) is 3.25. The molecular weight excluding hydrogens is 378 g/mol. The van der Waals surface area contributed by atoms with Crippen LogP contribution >= 0.6 is 11.8 Å². The number of hydrogen-bond donors (Lipinski definition) is 2. The molecule has 0 bridgehead atoms. The van der Waals surface area contributed by atoms with E-state index in [9.17, 15) is 9.59 Å². The predicted molar refractivity (Wildman–Crippen MR) is 107 cm³/mol. The van der Waals surface area contributed by atoms with E-state index < -0.39 is 5.79 Å². The van der Waals surface area contributed by atoms with Crippen molar-refractivity contribution in [2.75, 3.05) is 11.1 Å². The molecule has 1 aliphatic carbocycles. The van der Waals surface area contributed by atoms with Crippen molar-refractivity contribution in [3.05, 3.63) is 40.3 Å². The van der Waals surface area contributed by atoms with Crippen molar-refractivity contribution in [1.82, 2.24) is 9.97 Å². The molecule has 2 N–H and O–H groups in total. The number of aryl methyl sites for hydroxylation is 1. The molecule has 1 spiro atoms. The molecule has 8 heteroatoms. The number of aromatic nitrogens is 2. The third-order valence-corrected chi connectivity index (χ3v) is 5.68. The van der Waals surface area contributed by atoms with Crippen LogP contribution in [0.15, 0.2) is 34.2 Å². The van der Waals surface area contributed by atoms with Gasteiger partial charge in [0.1, 0.15) is 0 Å². The molecule has 2 aromatic rings. The van der Waals surface area contributed by atoms with Crippen LogP contribution in [-0.2, 0) is 11.2 Å². The Labute approximate surface area is 167 Å². The fourth-order valence-electron chi connectivity index (χ4n) is 3.56. The number of rotatable bonds is 6. The van der Waals surface area contributed by atoms with Crippen LogP contribution < -0.4 is 20.3 Å². The average molecular weight is 401 g/mol. The Hall–Kier alpha value is -2.48. The van der Waals surface area contributed by atoms with Gasteiger partial charge in [-0.1, -0.05) is 25.1 Å². The number of thioether (sulfide) groups is 1. The Kier molecular flexibility index (Phi) is 5.30.